The Balaban J connectivity index is 1.64. The number of para-hydroxylation sites is 2. The number of carbonyl (C=O) groups is 1. The number of fused-ring (bicyclic) bond motifs is 1. The van der Waals surface area contributed by atoms with E-state index in [4.69, 9.17) is 9.47 Å². The van der Waals surface area contributed by atoms with Gasteiger partial charge in [-0.15, -0.1) is 0 Å². The lowest BCUT2D eigenvalue weighted by molar-refractivity contribution is -0.125. The van der Waals surface area contributed by atoms with Crippen molar-refractivity contribution in [1.82, 2.24) is 4.31 Å². The second kappa shape index (κ2) is 8.62. The Morgan fingerprint density at radius 1 is 1.14 bits per heavy atom. The maximum Gasteiger partial charge on any atom is 0.269 e. The van der Waals surface area contributed by atoms with Crippen molar-refractivity contribution < 1.29 is 22.7 Å². The molecule has 2 aromatic carbocycles. The highest BCUT2D eigenvalue weighted by Crippen LogP contribution is 2.31. The summed E-state index contributed by atoms with van der Waals surface area (Å²) in [6, 6.07) is 13.3. The standard InChI is InChI=1S/C20H24N2O5S/c1-3-4-13-22(2)28(24,25)16-11-9-15(10-12-16)21-20(23)19-14-26-17-7-5-6-8-18(17)27-19/h5-12,19H,3-4,13-14H2,1-2H3,(H,21,23)/t19-/m0/s1. The van der Waals surface area contributed by atoms with Crippen LogP contribution in [0.1, 0.15) is 19.8 Å². The maximum atomic E-state index is 12.5. The van der Waals surface area contributed by atoms with Gasteiger partial charge < -0.3 is 14.8 Å². The number of amides is 1. The van der Waals surface area contributed by atoms with Gasteiger partial charge in [-0.1, -0.05) is 25.5 Å². The molecule has 28 heavy (non-hydrogen) atoms. The van der Waals surface area contributed by atoms with Crippen LogP contribution in [0.2, 0.25) is 0 Å². The number of ether oxygens (including phenoxy) is 2. The number of unbranched alkanes of at least 4 members (excludes halogenated alkanes) is 1. The molecule has 1 N–H and O–H groups in total. The van der Waals surface area contributed by atoms with Crippen molar-refractivity contribution in [3.05, 3.63) is 48.5 Å². The fraction of sp³-hybridized carbons (Fsp3) is 0.350. The van der Waals surface area contributed by atoms with Crippen molar-refractivity contribution >= 4 is 21.6 Å². The summed E-state index contributed by atoms with van der Waals surface area (Å²) in [5.74, 6) is 0.768. The first kappa shape index (κ1) is 20.2. The molecule has 0 radical (unpaired) electrons. The third-order valence-corrected chi connectivity index (χ3v) is 6.33. The summed E-state index contributed by atoms with van der Waals surface area (Å²) in [5, 5.41) is 2.73. The van der Waals surface area contributed by atoms with Crippen LogP contribution >= 0.6 is 0 Å². The van der Waals surface area contributed by atoms with Gasteiger partial charge in [0.2, 0.25) is 16.1 Å². The van der Waals surface area contributed by atoms with Crippen LogP contribution in [-0.4, -0.2) is 44.9 Å². The van der Waals surface area contributed by atoms with Gasteiger partial charge in [-0.2, -0.15) is 0 Å². The lowest BCUT2D eigenvalue weighted by atomic mass is 10.2. The van der Waals surface area contributed by atoms with Crippen molar-refractivity contribution in [2.75, 3.05) is 25.5 Å². The fourth-order valence-electron chi connectivity index (χ4n) is 2.76. The van der Waals surface area contributed by atoms with E-state index in [0.29, 0.717) is 23.7 Å². The zero-order chi connectivity index (χ0) is 20.1. The van der Waals surface area contributed by atoms with Crippen LogP contribution in [0.4, 0.5) is 5.69 Å². The normalized spacial score (nSPS) is 16.0. The quantitative estimate of drug-likeness (QED) is 0.767. The zero-order valence-electron chi connectivity index (χ0n) is 15.9. The smallest absolute Gasteiger partial charge is 0.269 e. The Hall–Kier alpha value is -2.58. The van der Waals surface area contributed by atoms with E-state index in [9.17, 15) is 13.2 Å². The highest BCUT2D eigenvalue weighted by Gasteiger charge is 2.27. The summed E-state index contributed by atoms with van der Waals surface area (Å²) in [4.78, 5) is 12.6. The minimum atomic E-state index is -3.53. The van der Waals surface area contributed by atoms with Crippen LogP contribution in [0.3, 0.4) is 0 Å². The molecule has 0 bridgehead atoms. The molecule has 0 aromatic heterocycles. The van der Waals surface area contributed by atoms with E-state index in [0.717, 1.165) is 12.8 Å². The summed E-state index contributed by atoms with van der Waals surface area (Å²) in [6.07, 6.45) is 0.942. The minimum Gasteiger partial charge on any atom is -0.485 e. The number of rotatable bonds is 7. The summed E-state index contributed by atoms with van der Waals surface area (Å²) in [5.41, 5.74) is 0.489. The third kappa shape index (κ3) is 4.45. The second-order valence-electron chi connectivity index (χ2n) is 6.56. The van der Waals surface area contributed by atoms with E-state index in [1.54, 1.807) is 37.4 Å². The van der Waals surface area contributed by atoms with Crippen molar-refractivity contribution in [3.8, 4) is 11.5 Å². The van der Waals surface area contributed by atoms with Gasteiger partial charge in [0.1, 0.15) is 6.61 Å². The third-order valence-electron chi connectivity index (χ3n) is 4.46. The number of nitrogens with one attached hydrogen (secondary N) is 1. The average Bonchev–Trinajstić information content (AvgIpc) is 2.71. The molecule has 1 heterocycles. The van der Waals surface area contributed by atoms with Crippen molar-refractivity contribution in [2.45, 2.75) is 30.8 Å². The van der Waals surface area contributed by atoms with Crippen LogP contribution in [0.5, 0.6) is 11.5 Å². The van der Waals surface area contributed by atoms with E-state index in [1.165, 1.54) is 16.4 Å². The zero-order valence-corrected chi connectivity index (χ0v) is 16.7. The number of sulfonamides is 1. The van der Waals surface area contributed by atoms with E-state index >= 15 is 0 Å². The van der Waals surface area contributed by atoms with Crippen LogP contribution in [0.15, 0.2) is 53.4 Å². The highest BCUT2D eigenvalue weighted by molar-refractivity contribution is 7.89. The molecule has 7 nitrogen and oxygen atoms in total. The number of benzene rings is 2. The molecule has 150 valence electrons. The number of hydrogen-bond acceptors (Lipinski definition) is 5. The molecular weight excluding hydrogens is 380 g/mol. The largest absolute Gasteiger partial charge is 0.485 e. The second-order valence-corrected chi connectivity index (χ2v) is 8.60. The molecule has 1 aliphatic rings. The van der Waals surface area contributed by atoms with Gasteiger partial charge in [0, 0.05) is 19.3 Å². The highest BCUT2D eigenvalue weighted by atomic mass is 32.2. The fourth-order valence-corrected chi connectivity index (χ4v) is 3.97. The number of nitrogens with zero attached hydrogens (tertiary/aromatic N) is 1. The average molecular weight is 404 g/mol. The molecule has 2 aromatic rings. The van der Waals surface area contributed by atoms with E-state index < -0.39 is 16.1 Å². The predicted molar refractivity (Wildman–Crippen MR) is 106 cm³/mol. The van der Waals surface area contributed by atoms with Crippen molar-refractivity contribution in [3.63, 3.8) is 0 Å². The van der Waals surface area contributed by atoms with Crippen molar-refractivity contribution in [2.24, 2.45) is 0 Å². The first-order valence-corrected chi connectivity index (χ1v) is 10.6. The number of anilines is 1. The van der Waals surface area contributed by atoms with Gasteiger partial charge in [-0.05, 0) is 42.8 Å². The predicted octanol–water partition coefficient (Wildman–Crippen LogP) is 2.89. The van der Waals surface area contributed by atoms with Gasteiger partial charge in [0.25, 0.3) is 5.91 Å². The molecule has 0 saturated carbocycles. The number of hydrogen-bond donors (Lipinski definition) is 1. The van der Waals surface area contributed by atoms with Gasteiger partial charge in [-0.3, -0.25) is 4.79 Å². The summed E-state index contributed by atoms with van der Waals surface area (Å²) >= 11 is 0. The molecular formula is C20H24N2O5S. The molecule has 0 saturated heterocycles. The van der Waals surface area contributed by atoms with Gasteiger partial charge in [0.15, 0.2) is 11.5 Å². The van der Waals surface area contributed by atoms with Crippen LogP contribution in [-0.2, 0) is 14.8 Å². The van der Waals surface area contributed by atoms with Gasteiger partial charge >= 0.3 is 0 Å². The SMILES string of the molecule is CCCCN(C)S(=O)(=O)c1ccc(NC(=O)[C@@H]2COc3ccccc3O2)cc1. The molecule has 8 heteroatoms. The van der Waals surface area contributed by atoms with Crippen LogP contribution in [0.25, 0.3) is 0 Å². The van der Waals surface area contributed by atoms with Gasteiger partial charge in [-0.25, -0.2) is 12.7 Å². The molecule has 1 aliphatic heterocycles. The molecule has 0 aliphatic carbocycles. The lowest BCUT2D eigenvalue weighted by Gasteiger charge is -2.25. The molecule has 0 fully saturated rings. The molecule has 0 unspecified atom stereocenters. The van der Waals surface area contributed by atoms with E-state index in [1.807, 2.05) is 13.0 Å². The summed E-state index contributed by atoms with van der Waals surface area (Å²) in [7, 11) is -1.97. The molecule has 1 amide bonds. The maximum absolute atomic E-state index is 12.5. The first-order chi connectivity index (χ1) is 13.4. The Kier molecular flexibility index (Phi) is 6.21. The summed E-state index contributed by atoms with van der Waals surface area (Å²) in [6.45, 7) is 2.59. The Bertz CT molecular complexity index is 928. The van der Waals surface area contributed by atoms with Crippen molar-refractivity contribution in [1.29, 1.82) is 0 Å². The van der Waals surface area contributed by atoms with Gasteiger partial charge in [0.05, 0.1) is 4.90 Å². The Morgan fingerprint density at radius 3 is 2.50 bits per heavy atom. The minimum absolute atomic E-state index is 0.109. The van der Waals surface area contributed by atoms with E-state index in [2.05, 4.69) is 5.32 Å². The number of carbonyl (C=O) groups excluding carboxylic acids is 1. The summed E-state index contributed by atoms with van der Waals surface area (Å²) < 4.78 is 37.6. The topological polar surface area (TPSA) is 84.9 Å². The Morgan fingerprint density at radius 2 is 1.82 bits per heavy atom. The molecule has 1 atom stereocenters. The molecule has 0 spiro atoms. The monoisotopic (exact) mass is 404 g/mol. The van der Waals surface area contributed by atoms with Crippen LogP contribution < -0.4 is 14.8 Å². The lowest BCUT2D eigenvalue weighted by Crippen LogP contribution is -2.40. The first-order valence-electron chi connectivity index (χ1n) is 9.17. The van der Waals surface area contributed by atoms with E-state index in [-0.39, 0.29) is 17.4 Å². The Labute approximate surface area is 165 Å². The van der Waals surface area contributed by atoms with Crippen LogP contribution in [0, 0.1) is 0 Å². The molecule has 3 rings (SSSR count).